The maximum Gasteiger partial charge on any atom is 0.239 e. The molecule has 0 aliphatic carbocycles. The number of carbonyl (C=O) groups is 2. The maximum absolute atomic E-state index is 11.9. The van der Waals surface area contributed by atoms with Crippen molar-refractivity contribution in [3.8, 4) is 0 Å². The fraction of sp³-hybridized carbons (Fsp3) is 0.263. The minimum absolute atomic E-state index is 0.0136. The van der Waals surface area contributed by atoms with Crippen LogP contribution in [0.3, 0.4) is 0 Å². The third kappa shape index (κ3) is 6.05. The molecule has 5 heteroatoms. The third-order valence-electron chi connectivity index (χ3n) is 3.68. The lowest BCUT2D eigenvalue weighted by molar-refractivity contribution is -0.125. The molecule has 0 fully saturated rings. The Kier molecular flexibility index (Phi) is 6.82. The lowest BCUT2D eigenvalue weighted by Gasteiger charge is -2.08. The van der Waals surface area contributed by atoms with Gasteiger partial charge in [-0.15, -0.1) is 0 Å². The maximum atomic E-state index is 11.9. The molecule has 4 nitrogen and oxygen atoms in total. The second-order valence-electron chi connectivity index (χ2n) is 5.61. The summed E-state index contributed by atoms with van der Waals surface area (Å²) in [4.78, 5) is 23.7. The SMILES string of the molecule is Cc1ccccc1CC(=O)NCC(=O)NCCc1cccc(Cl)c1. The first-order chi connectivity index (χ1) is 11.5. The van der Waals surface area contributed by atoms with Gasteiger partial charge in [0.2, 0.25) is 11.8 Å². The van der Waals surface area contributed by atoms with E-state index in [1.807, 2.05) is 55.5 Å². The van der Waals surface area contributed by atoms with Crippen molar-refractivity contribution in [3.63, 3.8) is 0 Å². The fourth-order valence-electron chi connectivity index (χ4n) is 2.32. The number of nitrogens with one attached hydrogen (secondary N) is 2. The smallest absolute Gasteiger partial charge is 0.239 e. The van der Waals surface area contributed by atoms with Crippen LogP contribution in [0.5, 0.6) is 0 Å². The quantitative estimate of drug-likeness (QED) is 0.811. The molecule has 2 N–H and O–H groups in total. The summed E-state index contributed by atoms with van der Waals surface area (Å²) >= 11 is 5.91. The molecule has 0 saturated heterocycles. The van der Waals surface area contributed by atoms with Crippen LogP contribution >= 0.6 is 11.6 Å². The van der Waals surface area contributed by atoms with E-state index in [4.69, 9.17) is 11.6 Å². The van der Waals surface area contributed by atoms with Crippen molar-refractivity contribution in [2.75, 3.05) is 13.1 Å². The molecule has 2 aromatic carbocycles. The zero-order valence-corrected chi connectivity index (χ0v) is 14.4. The monoisotopic (exact) mass is 344 g/mol. The van der Waals surface area contributed by atoms with Crippen molar-refractivity contribution in [3.05, 3.63) is 70.2 Å². The Labute approximate surface area is 147 Å². The minimum atomic E-state index is -0.199. The van der Waals surface area contributed by atoms with E-state index in [9.17, 15) is 9.59 Å². The first-order valence-corrected chi connectivity index (χ1v) is 8.25. The Bertz CT molecular complexity index is 716. The minimum Gasteiger partial charge on any atom is -0.354 e. The van der Waals surface area contributed by atoms with Crippen LogP contribution in [0.25, 0.3) is 0 Å². The van der Waals surface area contributed by atoms with E-state index < -0.39 is 0 Å². The summed E-state index contributed by atoms with van der Waals surface area (Å²) in [7, 11) is 0. The van der Waals surface area contributed by atoms with Crippen molar-refractivity contribution >= 4 is 23.4 Å². The number of amides is 2. The highest BCUT2D eigenvalue weighted by Gasteiger charge is 2.07. The Morgan fingerprint density at radius 1 is 1.00 bits per heavy atom. The molecule has 2 amide bonds. The molecule has 2 aromatic rings. The molecule has 2 rings (SSSR count). The van der Waals surface area contributed by atoms with Gasteiger partial charge in [0.05, 0.1) is 13.0 Å². The molecule has 0 bridgehead atoms. The van der Waals surface area contributed by atoms with Gasteiger partial charge in [0.1, 0.15) is 0 Å². The van der Waals surface area contributed by atoms with Crippen LogP contribution < -0.4 is 10.6 Å². The Hall–Kier alpha value is -2.33. The van der Waals surface area contributed by atoms with E-state index in [-0.39, 0.29) is 24.8 Å². The van der Waals surface area contributed by atoms with Gasteiger partial charge in [0.25, 0.3) is 0 Å². The van der Waals surface area contributed by atoms with E-state index in [1.54, 1.807) is 0 Å². The van der Waals surface area contributed by atoms with Crippen molar-refractivity contribution in [1.29, 1.82) is 0 Å². The second-order valence-corrected chi connectivity index (χ2v) is 6.05. The average molecular weight is 345 g/mol. The lowest BCUT2D eigenvalue weighted by Crippen LogP contribution is -2.38. The van der Waals surface area contributed by atoms with Gasteiger partial charge in [0, 0.05) is 11.6 Å². The van der Waals surface area contributed by atoms with Crippen LogP contribution in [-0.2, 0) is 22.4 Å². The standard InChI is InChI=1S/C19H21ClN2O2/c1-14-5-2-3-7-16(14)12-18(23)22-13-19(24)21-10-9-15-6-4-8-17(20)11-15/h2-8,11H,9-10,12-13H2,1H3,(H,21,24)(H,22,23). The first kappa shape index (κ1) is 18.0. The number of carbonyl (C=O) groups excluding carboxylic acids is 2. The van der Waals surface area contributed by atoms with Gasteiger partial charge in [-0.25, -0.2) is 0 Å². The molecule has 0 aliphatic heterocycles. The fourth-order valence-corrected chi connectivity index (χ4v) is 2.54. The average Bonchev–Trinajstić information content (AvgIpc) is 2.55. The van der Waals surface area contributed by atoms with Gasteiger partial charge in [-0.05, 0) is 42.2 Å². The van der Waals surface area contributed by atoms with Crippen LogP contribution in [0.4, 0.5) is 0 Å². The molecular weight excluding hydrogens is 324 g/mol. The highest BCUT2D eigenvalue weighted by molar-refractivity contribution is 6.30. The normalized spacial score (nSPS) is 10.2. The van der Waals surface area contributed by atoms with E-state index in [0.717, 1.165) is 16.7 Å². The number of rotatable bonds is 7. The summed E-state index contributed by atoms with van der Waals surface area (Å²) in [5.74, 6) is -0.357. The van der Waals surface area contributed by atoms with E-state index >= 15 is 0 Å². The Balaban J connectivity index is 1.67. The number of hydrogen-bond donors (Lipinski definition) is 2. The predicted octanol–water partition coefficient (Wildman–Crippen LogP) is 2.67. The summed E-state index contributed by atoms with van der Waals surface area (Å²) < 4.78 is 0. The molecule has 0 unspecified atom stereocenters. The summed E-state index contributed by atoms with van der Waals surface area (Å²) in [5.41, 5.74) is 3.10. The second kappa shape index (κ2) is 9.08. The van der Waals surface area contributed by atoms with Gasteiger partial charge < -0.3 is 10.6 Å². The van der Waals surface area contributed by atoms with E-state index in [0.29, 0.717) is 18.0 Å². The number of aryl methyl sites for hydroxylation is 1. The van der Waals surface area contributed by atoms with Crippen LogP contribution in [0.15, 0.2) is 48.5 Å². The summed E-state index contributed by atoms with van der Waals surface area (Å²) in [6.45, 7) is 2.46. The Morgan fingerprint density at radius 2 is 1.79 bits per heavy atom. The topological polar surface area (TPSA) is 58.2 Å². The molecule has 0 radical (unpaired) electrons. The van der Waals surface area contributed by atoms with Gasteiger partial charge in [-0.1, -0.05) is 48.0 Å². The molecule has 126 valence electrons. The largest absolute Gasteiger partial charge is 0.354 e. The number of hydrogen-bond acceptors (Lipinski definition) is 2. The van der Waals surface area contributed by atoms with E-state index in [2.05, 4.69) is 10.6 Å². The van der Waals surface area contributed by atoms with Crippen LogP contribution in [0.1, 0.15) is 16.7 Å². The zero-order valence-electron chi connectivity index (χ0n) is 13.6. The molecule has 0 atom stereocenters. The van der Waals surface area contributed by atoms with Gasteiger partial charge in [0.15, 0.2) is 0 Å². The molecular formula is C19H21ClN2O2. The summed E-state index contributed by atoms with van der Waals surface area (Å²) in [6, 6.07) is 15.2. The lowest BCUT2D eigenvalue weighted by atomic mass is 10.1. The molecule has 0 aliphatic rings. The van der Waals surface area contributed by atoms with Crippen LogP contribution in [0, 0.1) is 6.92 Å². The molecule has 0 saturated carbocycles. The van der Waals surface area contributed by atoms with Crippen molar-refractivity contribution < 1.29 is 9.59 Å². The van der Waals surface area contributed by atoms with Gasteiger partial charge >= 0.3 is 0 Å². The highest BCUT2D eigenvalue weighted by Crippen LogP contribution is 2.10. The number of halogens is 1. The van der Waals surface area contributed by atoms with Crippen LogP contribution in [-0.4, -0.2) is 24.9 Å². The summed E-state index contributed by atoms with van der Waals surface area (Å²) in [5, 5.41) is 6.11. The molecule has 0 heterocycles. The zero-order chi connectivity index (χ0) is 17.4. The Morgan fingerprint density at radius 3 is 2.54 bits per heavy atom. The number of benzene rings is 2. The van der Waals surface area contributed by atoms with E-state index in [1.165, 1.54) is 0 Å². The van der Waals surface area contributed by atoms with Crippen molar-refractivity contribution in [2.24, 2.45) is 0 Å². The first-order valence-electron chi connectivity index (χ1n) is 7.87. The summed E-state index contributed by atoms with van der Waals surface area (Å²) in [6.07, 6.45) is 0.978. The molecule has 0 spiro atoms. The van der Waals surface area contributed by atoms with Crippen molar-refractivity contribution in [1.82, 2.24) is 10.6 Å². The van der Waals surface area contributed by atoms with Crippen LogP contribution in [0.2, 0.25) is 5.02 Å². The highest BCUT2D eigenvalue weighted by atomic mass is 35.5. The van der Waals surface area contributed by atoms with Crippen molar-refractivity contribution in [2.45, 2.75) is 19.8 Å². The van der Waals surface area contributed by atoms with Gasteiger partial charge in [-0.3, -0.25) is 9.59 Å². The molecule has 0 aromatic heterocycles. The predicted molar refractivity (Wildman–Crippen MR) is 96.1 cm³/mol. The third-order valence-corrected chi connectivity index (χ3v) is 3.92. The van der Waals surface area contributed by atoms with Gasteiger partial charge in [-0.2, -0.15) is 0 Å². The molecule has 24 heavy (non-hydrogen) atoms.